The van der Waals surface area contributed by atoms with Crippen LogP contribution in [0.1, 0.15) is 37.4 Å². The first-order valence-electron chi connectivity index (χ1n) is 6.43. The van der Waals surface area contributed by atoms with Crippen LogP contribution in [0.2, 0.25) is 0 Å². The Bertz CT molecular complexity index is 386. The van der Waals surface area contributed by atoms with E-state index in [0.29, 0.717) is 6.04 Å². The maximum absolute atomic E-state index is 5.40. The lowest BCUT2D eigenvalue weighted by Gasteiger charge is -2.17. The fraction of sp³-hybridized carbons (Fsp3) is 0.769. The fourth-order valence-corrected chi connectivity index (χ4v) is 2.82. The van der Waals surface area contributed by atoms with Crippen molar-refractivity contribution in [1.82, 2.24) is 15.1 Å². The number of rotatable bonds is 4. The molecule has 4 nitrogen and oxygen atoms in total. The minimum absolute atomic E-state index is 0.652. The first-order chi connectivity index (χ1) is 8.13. The topological polar surface area (TPSA) is 39.1 Å². The van der Waals surface area contributed by atoms with Crippen LogP contribution >= 0.6 is 0 Å². The first kappa shape index (κ1) is 12.4. The van der Waals surface area contributed by atoms with Crippen molar-refractivity contribution in [2.45, 2.75) is 45.7 Å². The monoisotopic (exact) mass is 237 g/mol. The molecule has 1 saturated carbocycles. The summed E-state index contributed by atoms with van der Waals surface area (Å²) in [7, 11) is 3.63. The summed E-state index contributed by atoms with van der Waals surface area (Å²) < 4.78 is 7.21. The molecular weight excluding hydrogens is 214 g/mol. The van der Waals surface area contributed by atoms with Crippen LogP contribution in [-0.2, 0) is 13.6 Å². The van der Waals surface area contributed by atoms with E-state index in [2.05, 4.69) is 17.3 Å². The van der Waals surface area contributed by atoms with Crippen LogP contribution in [0.3, 0.4) is 0 Å². The number of aryl methyl sites for hydroxylation is 2. The third-order valence-electron chi connectivity index (χ3n) is 3.88. The van der Waals surface area contributed by atoms with Crippen molar-refractivity contribution in [1.29, 1.82) is 0 Å². The van der Waals surface area contributed by atoms with E-state index in [1.54, 1.807) is 7.11 Å². The first-order valence-corrected chi connectivity index (χ1v) is 6.43. The maximum Gasteiger partial charge on any atom is 0.216 e. The van der Waals surface area contributed by atoms with Crippen molar-refractivity contribution < 1.29 is 4.74 Å². The van der Waals surface area contributed by atoms with Crippen LogP contribution in [0.4, 0.5) is 0 Å². The normalized spacial score (nSPS) is 24.2. The lowest BCUT2D eigenvalue weighted by Crippen LogP contribution is -2.30. The van der Waals surface area contributed by atoms with Crippen molar-refractivity contribution in [3.63, 3.8) is 0 Å². The average molecular weight is 237 g/mol. The highest BCUT2D eigenvalue weighted by Crippen LogP contribution is 2.26. The largest absolute Gasteiger partial charge is 0.481 e. The lowest BCUT2D eigenvalue weighted by atomic mass is 10.1. The van der Waals surface area contributed by atoms with Gasteiger partial charge in [0.1, 0.15) is 0 Å². The highest BCUT2D eigenvalue weighted by Gasteiger charge is 2.23. The number of nitrogens with one attached hydrogen (secondary N) is 1. The van der Waals surface area contributed by atoms with Gasteiger partial charge in [0.05, 0.1) is 18.4 Å². The summed E-state index contributed by atoms with van der Waals surface area (Å²) in [6.07, 6.45) is 3.99. The summed E-state index contributed by atoms with van der Waals surface area (Å²) in [6, 6.07) is 0.652. The van der Waals surface area contributed by atoms with E-state index in [0.717, 1.165) is 24.0 Å². The van der Waals surface area contributed by atoms with Gasteiger partial charge in [-0.3, -0.25) is 0 Å². The molecule has 1 heterocycles. The van der Waals surface area contributed by atoms with Crippen LogP contribution in [0.25, 0.3) is 0 Å². The molecule has 96 valence electrons. The summed E-state index contributed by atoms with van der Waals surface area (Å²) in [5.74, 6) is 1.67. The van der Waals surface area contributed by atoms with Crippen molar-refractivity contribution in [3.8, 4) is 5.88 Å². The van der Waals surface area contributed by atoms with Crippen LogP contribution in [0.5, 0.6) is 5.88 Å². The average Bonchev–Trinajstić information content (AvgIpc) is 2.80. The second-order valence-corrected chi connectivity index (χ2v) is 5.09. The molecule has 1 aliphatic rings. The Balaban J connectivity index is 2.03. The predicted molar refractivity (Wildman–Crippen MR) is 68.1 cm³/mol. The number of aromatic nitrogens is 2. The third-order valence-corrected chi connectivity index (χ3v) is 3.88. The van der Waals surface area contributed by atoms with Crippen molar-refractivity contribution in [2.24, 2.45) is 13.0 Å². The summed E-state index contributed by atoms with van der Waals surface area (Å²) in [6.45, 7) is 5.23. The zero-order valence-corrected chi connectivity index (χ0v) is 11.3. The molecule has 0 bridgehead atoms. The molecule has 1 fully saturated rings. The number of hydrogen-bond acceptors (Lipinski definition) is 3. The lowest BCUT2D eigenvalue weighted by molar-refractivity contribution is 0.363. The Kier molecular flexibility index (Phi) is 3.72. The Hall–Kier alpha value is -1.03. The van der Waals surface area contributed by atoms with Crippen LogP contribution in [0.15, 0.2) is 0 Å². The summed E-state index contributed by atoms with van der Waals surface area (Å²) >= 11 is 0. The van der Waals surface area contributed by atoms with E-state index in [9.17, 15) is 0 Å². The molecule has 0 saturated heterocycles. The van der Waals surface area contributed by atoms with Crippen molar-refractivity contribution >= 4 is 0 Å². The standard InChI is InChI=1S/C13H23N3O/c1-9-6-5-7-12(9)14-8-11-10(2)15-16(3)13(11)17-4/h9,12,14H,5-8H2,1-4H3. The summed E-state index contributed by atoms with van der Waals surface area (Å²) in [4.78, 5) is 0. The molecular formula is C13H23N3O. The molecule has 0 radical (unpaired) electrons. The molecule has 0 amide bonds. The molecule has 2 atom stereocenters. The van der Waals surface area contributed by atoms with Gasteiger partial charge in [0.25, 0.3) is 0 Å². The molecule has 4 heteroatoms. The third kappa shape index (κ3) is 2.46. The van der Waals surface area contributed by atoms with Gasteiger partial charge in [-0.1, -0.05) is 13.3 Å². The number of methoxy groups -OCH3 is 1. The second kappa shape index (κ2) is 5.08. The van der Waals surface area contributed by atoms with E-state index in [1.807, 2.05) is 18.7 Å². The Morgan fingerprint density at radius 2 is 2.24 bits per heavy atom. The van der Waals surface area contributed by atoms with Gasteiger partial charge in [0, 0.05) is 19.6 Å². The predicted octanol–water partition coefficient (Wildman–Crippen LogP) is 2.02. The molecule has 2 unspecified atom stereocenters. The summed E-state index contributed by atoms with van der Waals surface area (Å²) in [5.41, 5.74) is 2.25. The van der Waals surface area contributed by atoms with E-state index in [-0.39, 0.29) is 0 Å². The van der Waals surface area contributed by atoms with Gasteiger partial charge < -0.3 is 10.1 Å². The number of nitrogens with zero attached hydrogens (tertiary/aromatic N) is 2. The van der Waals surface area contributed by atoms with Gasteiger partial charge in [0.2, 0.25) is 5.88 Å². The zero-order valence-electron chi connectivity index (χ0n) is 11.3. The Morgan fingerprint density at radius 3 is 2.82 bits per heavy atom. The minimum Gasteiger partial charge on any atom is -0.481 e. The maximum atomic E-state index is 5.40. The fourth-order valence-electron chi connectivity index (χ4n) is 2.82. The second-order valence-electron chi connectivity index (χ2n) is 5.09. The van der Waals surface area contributed by atoms with Gasteiger partial charge in [-0.25, -0.2) is 4.68 Å². The molecule has 1 N–H and O–H groups in total. The summed E-state index contributed by atoms with van der Waals surface area (Å²) in [5, 5.41) is 8.04. The Labute approximate surface area is 103 Å². The van der Waals surface area contributed by atoms with E-state index in [4.69, 9.17) is 4.74 Å². The van der Waals surface area contributed by atoms with E-state index >= 15 is 0 Å². The van der Waals surface area contributed by atoms with Crippen LogP contribution < -0.4 is 10.1 Å². The molecule has 1 aliphatic carbocycles. The van der Waals surface area contributed by atoms with Gasteiger partial charge in [-0.05, 0) is 25.7 Å². The molecule has 1 aromatic heterocycles. The van der Waals surface area contributed by atoms with Crippen LogP contribution in [-0.4, -0.2) is 22.9 Å². The molecule has 2 rings (SSSR count). The highest BCUT2D eigenvalue weighted by molar-refractivity contribution is 5.30. The van der Waals surface area contributed by atoms with Gasteiger partial charge >= 0.3 is 0 Å². The van der Waals surface area contributed by atoms with Crippen molar-refractivity contribution in [2.75, 3.05) is 7.11 Å². The van der Waals surface area contributed by atoms with Crippen molar-refractivity contribution in [3.05, 3.63) is 11.3 Å². The SMILES string of the molecule is COc1c(CNC2CCCC2C)c(C)nn1C. The van der Waals surface area contributed by atoms with E-state index < -0.39 is 0 Å². The van der Waals surface area contributed by atoms with Gasteiger partial charge in [-0.2, -0.15) is 5.10 Å². The number of hydrogen-bond donors (Lipinski definition) is 1. The zero-order chi connectivity index (χ0) is 12.4. The highest BCUT2D eigenvalue weighted by atomic mass is 16.5. The quantitative estimate of drug-likeness (QED) is 0.870. The smallest absolute Gasteiger partial charge is 0.216 e. The molecule has 0 aliphatic heterocycles. The van der Waals surface area contributed by atoms with Gasteiger partial charge in [-0.15, -0.1) is 0 Å². The minimum atomic E-state index is 0.652. The molecule has 0 aromatic carbocycles. The van der Waals surface area contributed by atoms with Crippen LogP contribution in [0, 0.1) is 12.8 Å². The number of ether oxygens (including phenoxy) is 1. The molecule has 17 heavy (non-hydrogen) atoms. The van der Waals surface area contributed by atoms with Gasteiger partial charge in [0.15, 0.2) is 0 Å². The molecule has 1 aromatic rings. The van der Waals surface area contributed by atoms with E-state index in [1.165, 1.54) is 24.8 Å². The Morgan fingerprint density at radius 1 is 1.47 bits per heavy atom. The molecule has 0 spiro atoms.